The second kappa shape index (κ2) is 14.6. The third kappa shape index (κ3) is 7.86. The van der Waals surface area contributed by atoms with Crippen molar-refractivity contribution in [1.29, 1.82) is 0 Å². The number of nitrogens with zero attached hydrogens (tertiary/aromatic N) is 4. The van der Waals surface area contributed by atoms with E-state index in [4.69, 9.17) is 0 Å². The lowest BCUT2D eigenvalue weighted by molar-refractivity contribution is 0.0922. The summed E-state index contributed by atoms with van der Waals surface area (Å²) >= 11 is 0. The minimum atomic E-state index is -0.434. The van der Waals surface area contributed by atoms with Crippen molar-refractivity contribution in [2.75, 3.05) is 0 Å². The van der Waals surface area contributed by atoms with Gasteiger partial charge in [-0.2, -0.15) is 0 Å². The van der Waals surface area contributed by atoms with Crippen molar-refractivity contribution in [3.63, 3.8) is 0 Å². The number of benzene rings is 1. The van der Waals surface area contributed by atoms with E-state index in [0.29, 0.717) is 22.8 Å². The first-order valence-electron chi connectivity index (χ1n) is 14.3. The van der Waals surface area contributed by atoms with Gasteiger partial charge in [0.05, 0.1) is 0 Å². The van der Waals surface area contributed by atoms with Crippen molar-refractivity contribution < 1.29 is 19.2 Å². The van der Waals surface area contributed by atoms with Crippen LogP contribution in [-0.4, -0.2) is 43.1 Å². The van der Waals surface area contributed by atoms with Gasteiger partial charge in [0.25, 0.3) is 0 Å². The molecule has 0 atom stereocenters. The van der Waals surface area contributed by atoms with Crippen LogP contribution in [0.1, 0.15) is 90.6 Å². The summed E-state index contributed by atoms with van der Waals surface area (Å²) in [5, 5.41) is 0. The van der Waals surface area contributed by atoms with E-state index in [1.54, 1.807) is 97.6 Å². The van der Waals surface area contributed by atoms with Gasteiger partial charge in [-0.3, -0.25) is 39.1 Å². The van der Waals surface area contributed by atoms with Crippen LogP contribution in [0.4, 0.5) is 0 Å². The molecule has 0 saturated heterocycles. The maximum Gasteiger partial charge on any atom is 0.181 e. The third-order valence-corrected chi connectivity index (χ3v) is 7.41. The van der Waals surface area contributed by atoms with E-state index in [2.05, 4.69) is 19.9 Å². The Bertz CT molecular complexity index is 1480. The Kier molecular flexibility index (Phi) is 9.94. The molecule has 44 heavy (non-hydrogen) atoms. The summed E-state index contributed by atoms with van der Waals surface area (Å²) in [5.41, 5.74) is 2.91. The molecular formula is C36H30N4O4. The molecule has 0 aliphatic carbocycles. The maximum atomic E-state index is 13.2. The number of hydrogen-bond donors (Lipinski definition) is 0. The summed E-state index contributed by atoms with van der Waals surface area (Å²) in [7, 11) is 0. The molecule has 0 aliphatic heterocycles. The van der Waals surface area contributed by atoms with E-state index >= 15 is 0 Å². The van der Waals surface area contributed by atoms with Crippen LogP contribution in [0.25, 0.3) is 0 Å². The minimum absolute atomic E-state index is 0.0781. The van der Waals surface area contributed by atoms with Crippen molar-refractivity contribution in [2.24, 2.45) is 0 Å². The SMILES string of the molecule is O=C(CC(CC(=O)c1ccccn1)c1ccc(C(CC(=O)c2ccccn2)CC(=O)c2ccccn2)cc1)c1ccccn1. The van der Waals surface area contributed by atoms with Crippen LogP contribution in [0.15, 0.2) is 122 Å². The van der Waals surface area contributed by atoms with E-state index in [9.17, 15) is 19.2 Å². The fourth-order valence-corrected chi connectivity index (χ4v) is 5.08. The summed E-state index contributed by atoms with van der Waals surface area (Å²) in [6.07, 6.45) is 6.57. The average molecular weight is 583 g/mol. The molecule has 0 saturated carbocycles. The largest absolute Gasteiger partial charge is 0.292 e. The van der Waals surface area contributed by atoms with Gasteiger partial charge < -0.3 is 0 Å². The van der Waals surface area contributed by atoms with Crippen molar-refractivity contribution in [3.05, 3.63) is 156 Å². The molecule has 0 aliphatic rings. The van der Waals surface area contributed by atoms with Crippen LogP contribution in [0.5, 0.6) is 0 Å². The van der Waals surface area contributed by atoms with E-state index in [0.717, 1.165) is 11.1 Å². The molecule has 8 heteroatoms. The fourth-order valence-electron chi connectivity index (χ4n) is 5.08. The molecule has 218 valence electrons. The molecule has 4 heterocycles. The van der Waals surface area contributed by atoms with E-state index < -0.39 is 11.8 Å². The number of carbonyl (C=O) groups excluding carboxylic acids is 4. The standard InChI is InChI=1S/C36H30N4O4/c41-33(29-9-1-5-17-37-29)21-27(22-34(42)30-10-2-6-18-38-30)25-13-15-26(16-14-25)28(23-35(43)31-11-3-7-19-39-31)24-36(44)32-12-4-8-20-40-32/h1-20,27-28H,21-24H2. The van der Waals surface area contributed by atoms with E-state index in [1.807, 2.05) is 24.3 Å². The van der Waals surface area contributed by atoms with Gasteiger partial charge in [0.1, 0.15) is 22.8 Å². The smallest absolute Gasteiger partial charge is 0.181 e. The molecule has 5 rings (SSSR count). The second-order valence-corrected chi connectivity index (χ2v) is 10.4. The van der Waals surface area contributed by atoms with Gasteiger partial charge in [0, 0.05) is 50.5 Å². The lowest BCUT2D eigenvalue weighted by Crippen LogP contribution is -2.15. The van der Waals surface area contributed by atoms with E-state index in [1.165, 1.54) is 0 Å². The highest BCUT2D eigenvalue weighted by Crippen LogP contribution is 2.31. The summed E-state index contributed by atoms with van der Waals surface area (Å²) in [6, 6.07) is 28.1. The van der Waals surface area contributed by atoms with Crippen LogP contribution < -0.4 is 0 Å². The van der Waals surface area contributed by atoms with E-state index in [-0.39, 0.29) is 48.8 Å². The number of aromatic nitrogens is 4. The molecule has 1 aromatic carbocycles. The summed E-state index contributed by atoms with van der Waals surface area (Å²) < 4.78 is 0. The van der Waals surface area contributed by atoms with Gasteiger partial charge in [-0.15, -0.1) is 0 Å². The molecule has 0 amide bonds. The van der Waals surface area contributed by atoms with Crippen LogP contribution in [0.2, 0.25) is 0 Å². The molecule has 8 nitrogen and oxygen atoms in total. The van der Waals surface area contributed by atoms with Crippen molar-refractivity contribution >= 4 is 23.1 Å². The van der Waals surface area contributed by atoms with Crippen molar-refractivity contribution in [2.45, 2.75) is 37.5 Å². The number of ketones is 4. The highest BCUT2D eigenvalue weighted by Gasteiger charge is 2.25. The van der Waals surface area contributed by atoms with Crippen molar-refractivity contribution in [3.8, 4) is 0 Å². The third-order valence-electron chi connectivity index (χ3n) is 7.41. The lowest BCUT2D eigenvalue weighted by atomic mass is 9.84. The average Bonchev–Trinajstić information content (AvgIpc) is 3.09. The zero-order chi connectivity index (χ0) is 30.7. The Morgan fingerprint density at radius 2 is 0.636 bits per heavy atom. The Morgan fingerprint density at radius 3 is 0.841 bits per heavy atom. The highest BCUT2D eigenvalue weighted by molar-refractivity contribution is 5.98. The summed E-state index contributed by atoms with van der Waals surface area (Å²) in [6.45, 7) is 0. The Morgan fingerprint density at radius 1 is 0.386 bits per heavy atom. The molecule has 0 unspecified atom stereocenters. The second-order valence-electron chi connectivity index (χ2n) is 10.4. The number of carbonyl (C=O) groups is 4. The Hall–Kier alpha value is -5.50. The first-order valence-corrected chi connectivity index (χ1v) is 14.3. The maximum absolute atomic E-state index is 13.2. The van der Waals surface area contributed by atoms with Crippen LogP contribution in [-0.2, 0) is 0 Å². The zero-order valence-electron chi connectivity index (χ0n) is 24.0. The first kappa shape index (κ1) is 30.0. The van der Waals surface area contributed by atoms with Crippen LogP contribution in [0.3, 0.4) is 0 Å². The molecule has 0 radical (unpaired) electrons. The molecular weight excluding hydrogens is 552 g/mol. The summed E-state index contributed by atoms with van der Waals surface area (Å²) in [5.74, 6) is -1.56. The number of pyridine rings is 4. The van der Waals surface area contributed by atoms with Gasteiger partial charge >= 0.3 is 0 Å². The zero-order valence-corrected chi connectivity index (χ0v) is 24.0. The van der Waals surface area contributed by atoms with Gasteiger partial charge in [-0.05, 0) is 71.5 Å². The summed E-state index contributed by atoms with van der Waals surface area (Å²) in [4.78, 5) is 69.4. The number of Topliss-reactive ketones (excluding diaryl/α,β-unsaturated/α-hetero) is 4. The number of hydrogen-bond acceptors (Lipinski definition) is 8. The molecule has 4 aromatic heterocycles. The predicted octanol–water partition coefficient (Wildman–Crippen LogP) is 6.53. The van der Waals surface area contributed by atoms with Gasteiger partial charge in [-0.25, -0.2) is 0 Å². The van der Waals surface area contributed by atoms with Crippen LogP contribution >= 0.6 is 0 Å². The quantitative estimate of drug-likeness (QED) is 0.136. The monoisotopic (exact) mass is 582 g/mol. The van der Waals surface area contributed by atoms with Crippen LogP contribution in [0, 0.1) is 0 Å². The Balaban J connectivity index is 1.41. The topological polar surface area (TPSA) is 120 Å². The highest BCUT2D eigenvalue weighted by atomic mass is 16.1. The minimum Gasteiger partial charge on any atom is -0.292 e. The normalized spacial score (nSPS) is 11.0. The molecule has 0 spiro atoms. The first-order chi connectivity index (χ1) is 21.5. The predicted molar refractivity (Wildman–Crippen MR) is 165 cm³/mol. The number of rotatable bonds is 14. The Labute approximate surface area is 255 Å². The van der Waals surface area contributed by atoms with Gasteiger partial charge in [0.2, 0.25) is 0 Å². The van der Waals surface area contributed by atoms with Gasteiger partial charge in [-0.1, -0.05) is 48.5 Å². The van der Waals surface area contributed by atoms with Crippen molar-refractivity contribution in [1.82, 2.24) is 19.9 Å². The molecule has 0 fully saturated rings. The fraction of sp³-hybridized carbons (Fsp3) is 0.167. The molecule has 5 aromatic rings. The molecule has 0 bridgehead atoms. The van der Waals surface area contributed by atoms with Gasteiger partial charge in [0.15, 0.2) is 23.1 Å². The lowest BCUT2D eigenvalue weighted by Gasteiger charge is -2.19. The molecule has 0 N–H and O–H groups in total.